The summed E-state index contributed by atoms with van der Waals surface area (Å²) in [6.07, 6.45) is 3.60. The molecule has 1 aromatic carbocycles. The van der Waals surface area contributed by atoms with Crippen molar-refractivity contribution < 1.29 is 4.74 Å². The van der Waals surface area contributed by atoms with Crippen LogP contribution in [0.3, 0.4) is 0 Å². The SMILES string of the molecule is Cc1ncccc1-c1cc(CN2CCOCC2)cc2c1nc(C)c1nncn12. The number of aromatic nitrogens is 5. The molecule has 1 saturated heterocycles. The lowest BCUT2D eigenvalue weighted by Gasteiger charge is -2.27. The Morgan fingerprint density at radius 3 is 2.75 bits per heavy atom. The molecule has 7 nitrogen and oxygen atoms in total. The van der Waals surface area contributed by atoms with E-state index in [-0.39, 0.29) is 0 Å². The van der Waals surface area contributed by atoms with Crippen LogP contribution >= 0.6 is 0 Å². The molecule has 0 aliphatic carbocycles. The molecule has 4 heterocycles. The van der Waals surface area contributed by atoms with Gasteiger partial charge in [-0.1, -0.05) is 6.07 Å². The molecule has 28 heavy (non-hydrogen) atoms. The van der Waals surface area contributed by atoms with Gasteiger partial charge in [0.25, 0.3) is 0 Å². The third-order valence-corrected chi connectivity index (χ3v) is 5.37. The Bertz CT molecular complexity index is 1160. The molecule has 0 spiro atoms. The lowest BCUT2D eigenvalue weighted by atomic mass is 9.99. The highest BCUT2D eigenvalue weighted by Gasteiger charge is 2.17. The van der Waals surface area contributed by atoms with E-state index in [1.165, 1.54) is 5.56 Å². The van der Waals surface area contributed by atoms with E-state index < -0.39 is 0 Å². The second-order valence-electron chi connectivity index (χ2n) is 7.26. The van der Waals surface area contributed by atoms with Crippen LogP contribution in [-0.2, 0) is 11.3 Å². The van der Waals surface area contributed by atoms with Gasteiger partial charge in [0.15, 0.2) is 5.65 Å². The summed E-state index contributed by atoms with van der Waals surface area (Å²) in [7, 11) is 0. The normalized spacial score (nSPS) is 15.5. The quantitative estimate of drug-likeness (QED) is 0.549. The highest BCUT2D eigenvalue weighted by Crippen LogP contribution is 2.32. The summed E-state index contributed by atoms with van der Waals surface area (Å²) >= 11 is 0. The minimum atomic E-state index is 0.790. The monoisotopic (exact) mass is 374 g/mol. The van der Waals surface area contributed by atoms with E-state index in [2.05, 4.69) is 38.3 Å². The third kappa shape index (κ3) is 2.93. The predicted molar refractivity (Wildman–Crippen MR) is 107 cm³/mol. The molecule has 0 atom stereocenters. The summed E-state index contributed by atoms with van der Waals surface area (Å²) in [4.78, 5) is 11.8. The Balaban J connectivity index is 1.75. The summed E-state index contributed by atoms with van der Waals surface area (Å²) in [5.41, 5.74) is 8.09. The Labute approximate surface area is 163 Å². The first-order chi connectivity index (χ1) is 13.7. The Kier molecular flexibility index (Phi) is 4.26. The Morgan fingerprint density at radius 1 is 1.07 bits per heavy atom. The highest BCUT2D eigenvalue weighted by atomic mass is 16.5. The molecular weight excluding hydrogens is 352 g/mol. The van der Waals surface area contributed by atoms with Crippen molar-refractivity contribution >= 4 is 16.7 Å². The standard InChI is InChI=1S/C21H22N6O/c1-14-17(4-3-5-22-14)18-10-16(12-26-6-8-28-9-7-26)11-19-20(18)24-15(2)21-25-23-13-27(19)21/h3-5,10-11,13H,6-9,12H2,1-2H3. The number of morpholine rings is 1. The zero-order chi connectivity index (χ0) is 19.1. The molecule has 7 heteroatoms. The molecule has 0 unspecified atom stereocenters. The van der Waals surface area contributed by atoms with E-state index in [0.717, 1.165) is 72.0 Å². The zero-order valence-electron chi connectivity index (χ0n) is 16.1. The van der Waals surface area contributed by atoms with Gasteiger partial charge in [-0.3, -0.25) is 14.3 Å². The molecule has 0 amide bonds. The van der Waals surface area contributed by atoms with E-state index in [4.69, 9.17) is 9.72 Å². The number of benzene rings is 1. The fraction of sp³-hybridized carbons (Fsp3) is 0.333. The summed E-state index contributed by atoms with van der Waals surface area (Å²) in [5.74, 6) is 0. The number of rotatable bonds is 3. The number of hydrogen-bond donors (Lipinski definition) is 0. The number of hydrogen-bond acceptors (Lipinski definition) is 6. The van der Waals surface area contributed by atoms with Crippen LogP contribution in [0.5, 0.6) is 0 Å². The maximum absolute atomic E-state index is 5.50. The number of nitrogens with zero attached hydrogens (tertiary/aromatic N) is 6. The first kappa shape index (κ1) is 17.2. The topological polar surface area (TPSA) is 68.4 Å². The highest BCUT2D eigenvalue weighted by molar-refractivity contribution is 5.94. The molecule has 1 fully saturated rings. The van der Waals surface area contributed by atoms with Crippen molar-refractivity contribution in [1.29, 1.82) is 0 Å². The van der Waals surface area contributed by atoms with E-state index >= 15 is 0 Å². The number of pyridine rings is 1. The molecular formula is C21H22N6O. The average Bonchev–Trinajstić information content (AvgIpc) is 3.20. The first-order valence-electron chi connectivity index (χ1n) is 9.56. The maximum atomic E-state index is 5.50. The van der Waals surface area contributed by atoms with Crippen LogP contribution < -0.4 is 0 Å². The molecule has 3 aromatic heterocycles. The van der Waals surface area contributed by atoms with Crippen molar-refractivity contribution in [3.05, 3.63) is 53.7 Å². The second-order valence-corrected chi connectivity index (χ2v) is 7.26. The summed E-state index contributed by atoms with van der Waals surface area (Å²) < 4.78 is 7.53. The molecule has 1 aliphatic rings. The lowest BCUT2D eigenvalue weighted by molar-refractivity contribution is 0.0342. The van der Waals surface area contributed by atoms with Crippen molar-refractivity contribution in [2.24, 2.45) is 0 Å². The van der Waals surface area contributed by atoms with E-state index in [1.807, 2.05) is 30.5 Å². The van der Waals surface area contributed by atoms with Crippen molar-refractivity contribution in [3.8, 4) is 11.1 Å². The van der Waals surface area contributed by atoms with Crippen molar-refractivity contribution in [2.45, 2.75) is 20.4 Å². The molecule has 5 rings (SSSR count). The van der Waals surface area contributed by atoms with Crippen molar-refractivity contribution in [2.75, 3.05) is 26.3 Å². The van der Waals surface area contributed by atoms with Gasteiger partial charge in [-0.05, 0) is 37.6 Å². The molecule has 0 bridgehead atoms. The predicted octanol–water partition coefficient (Wildman–Crippen LogP) is 2.79. The maximum Gasteiger partial charge on any atom is 0.182 e. The fourth-order valence-electron chi connectivity index (χ4n) is 3.94. The van der Waals surface area contributed by atoms with Crippen LogP contribution in [0.15, 0.2) is 36.8 Å². The van der Waals surface area contributed by atoms with Gasteiger partial charge >= 0.3 is 0 Å². The average molecular weight is 374 g/mol. The summed E-state index contributed by atoms with van der Waals surface area (Å²) in [6.45, 7) is 8.38. The zero-order valence-corrected chi connectivity index (χ0v) is 16.1. The summed E-state index contributed by atoms with van der Waals surface area (Å²) in [6, 6.07) is 8.56. The number of fused-ring (bicyclic) bond motifs is 3. The van der Waals surface area contributed by atoms with Gasteiger partial charge in [0.2, 0.25) is 0 Å². The van der Waals surface area contributed by atoms with Crippen LogP contribution in [0.4, 0.5) is 0 Å². The lowest BCUT2D eigenvalue weighted by Crippen LogP contribution is -2.35. The largest absolute Gasteiger partial charge is 0.379 e. The van der Waals surface area contributed by atoms with Crippen LogP contribution in [0.25, 0.3) is 27.8 Å². The van der Waals surface area contributed by atoms with Gasteiger partial charge in [0.05, 0.1) is 29.9 Å². The molecule has 142 valence electrons. The number of aryl methyl sites for hydroxylation is 2. The van der Waals surface area contributed by atoms with Crippen molar-refractivity contribution in [1.82, 2.24) is 29.5 Å². The van der Waals surface area contributed by atoms with Crippen LogP contribution in [0.1, 0.15) is 17.0 Å². The van der Waals surface area contributed by atoms with E-state index in [1.54, 1.807) is 6.33 Å². The van der Waals surface area contributed by atoms with Gasteiger partial charge in [0, 0.05) is 42.7 Å². The summed E-state index contributed by atoms with van der Waals surface area (Å²) in [5, 5.41) is 8.36. The van der Waals surface area contributed by atoms with Gasteiger partial charge < -0.3 is 4.74 Å². The van der Waals surface area contributed by atoms with Crippen molar-refractivity contribution in [3.63, 3.8) is 0 Å². The van der Waals surface area contributed by atoms with E-state index in [9.17, 15) is 0 Å². The Hall–Kier alpha value is -2.90. The molecule has 0 saturated carbocycles. The van der Waals surface area contributed by atoms with Crippen LogP contribution in [0.2, 0.25) is 0 Å². The van der Waals surface area contributed by atoms with Gasteiger partial charge in [-0.25, -0.2) is 4.98 Å². The molecule has 1 aliphatic heterocycles. The van der Waals surface area contributed by atoms with Crippen LogP contribution in [-0.4, -0.2) is 55.8 Å². The molecule has 4 aromatic rings. The molecule has 0 radical (unpaired) electrons. The van der Waals surface area contributed by atoms with Gasteiger partial charge in [-0.2, -0.15) is 0 Å². The minimum Gasteiger partial charge on any atom is -0.379 e. The minimum absolute atomic E-state index is 0.790. The number of ether oxygens (including phenoxy) is 1. The smallest absolute Gasteiger partial charge is 0.182 e. The van der Waals surface area contributed by atoms with Crippen LogP contribution in [0, 0.1) is 13.8 Å². The Morgan fingerprint density at radius 2 is 1.93 bits per heavy atom. The third-order valence-electron chi connectivity index (χ3n) is 5.37. The molecule has 0 N–H and O–H groups in total. The van der Waals surface area contributed by atoms with Gasteiger partial charge in [-0.15, -0.1) is 10.2 Å². The fourth-order valence-corrected chi connectivity index (χ4v) is 3.94. The van der Waals surface area contributed by atoms with Gasteiger partial charge in [0.1, 0.15) is 6.33 Å². The second kappa shape index (κ2) is 6.92. The van der Waals surface area contributed by atoms with E-state index in [0.29, 0.717) is 0 Å². The first-order valence-corrected chi connectivity index (χ1v) is 9.56.